The molecular formula is C19H12IN3. The van der Waals surface area contributed by atoms with E-state index in [-0.39, 0.29) is 5.57 Å². The molecule has 0 spiro atoms. The van der Waals surface area contributed by atoms with Gasteiger partial charge in [-0.15, -0.1) is 0 Å². The number of hydrogen-bond donors (Lipinski definition) is 0. The van der Waals surface area contributed by atoms with Crippen LogP contribution in [-0.2, 0) is 6.54 Å². The van der Waals surface area contributed by atoms with E-state index in [1.165, 1.54) is 9.13 Å². The highest BCUT2D eigenvalue weighted by Gasteiger charge is 2.08. The number of aromatic nitrogens is 1. The van der Waals surface area contributed by atoms with E-state index in [2.05, 4.69) is 57.5 Å². The zero-order valence-electron chi connectivity index (χ0n) is 12.2. The summed E-state index contributed by atoms with van der Waals surface area (Å²) in [6, 6.07) is 20.3. The van der Waals surface area contributed by atoms with Gasteiger partial charge in [0.05, 0.1) is 0 Å². The van der Waals surface area contributed by atoms with Crippen LogP contribution in [0.1, 0.15) is 11.1 Å². The summed E-state index contributed by atoms with van der Waals surface area (Å²) in [5.74, 6) is 0. The van der Waals surface area contributed by atoms with Crippen LogP contribution in [0.2, 0.25) is 0 Å². The van der Waals surface area contributed by atoms with Crippen molar-refractivity contribution in [3.63, 3.8) is 0 Å². The first-order chi connectivity index (χ1) is 11.2. The van der Waals surface area contributed by atoms with Gasteiger partial charge in [0.2, 0.25) is 0 Å². The smallest absolute Gasteiger partial charge is 0.130 e. The van der Waals surface area contributed by atoms with Crippen molar-refractivity contribution in [3.8, 4) is 12.1 Å². The third-order valence-electron chi connectivity index (χ3n) is 3.63. The number of benzene rings is 2. The van der Waals surface area contributed by atoms with E-state index in [1.54, 1.807) is 6.08 Å². The summed E-state index contributed by atoms with van der Waals surface area (Å²) in [6.45, 7) is 0.750. The fourth-order valence-corrected chi connectivity index (χ4v) is 2.91. The molecule has 0 unspecified atom stereocenters. The summed E-state index contributed by atoms with van der Waals surface area (Å²) in [4.78, 5) is 0. The highest BCUT2D eigenvalue weighted by molar-refractivity contribution is 14.1. The van der Waals surface area contributed by atoms with Gasteiger partial charge in [0, 0.05) is 32.8 Å². The average molecular weight is 409 g/mol. The molecule has 1 heterocycles. The van der Waals surface area contributed by atoms with Crippen LogP contribution >= 0.6 is 22.6 Å². The lowest BCUT2D eigenvalue weighted by Crippen LogP contribution is -1.97. The highest BCUT2D eigenvalue weighted by atomic mass is 127. The predicted octanol–water partition coefficient (Wildman–Crippen LogP) is 4.72. The second kappa shape index (κ2) is 6.68. The summed E-state index contributed by atoms with van der Waals surface area (Å²) >= 11 is 2.29. The van der Waals surface area contributed by atoms with Gasteiger partial charge in [-0.25, -0.2) is 0 Å². The van der Waals surface area contributed by atoms with Crippen LogP contribution in [0.4, 0.5) is 0 Å². The third kappa shape index (κ3) is 3.28. The van der Waals surface area contributed by atoms with Gasteiger partial charge in [0.1, 0.15) is 17.7 Å². The molecule has 0 aliphatic carbocycles. The molecule has 0 saturated heterocycles. The average Bonchev–Trinajstić information content (AvgIpc) is 2.92. The van der Waals surface area contributed by atoms with Gasteiger partial charge in [-0.1, -0.05) is 30.3 Å². The van der Waals surface area contributed by atoms with Crippen molar-refractivity contribution < 1.29 is 0 Å². The zero-order valence-corrected chi connectivity index (χ0v) is 14.4. The maximum absolute atomic E-state index is 8.98. The largest absolute Gasteiger partial charge is 0.342 e. The van der Waals surface area contributed by atoms with Gasteiger partial charge in [-0.05, 0) is 52.4 Å². The fraction of sp³-hybridized carbons (Fsp3) is 0.0526. The highest BCUT2D eigenvalue weighted by Crippen LogP contribution is 2.24. The second-order valence-corrected chi connectivity index (χ2v) is 6.38. The van der Waals surface area contributed by atoms with Crippen molar-refractivity contribution in [3.05, 3.63) is 75.0 Å². The summed E-state index contributed by atoms with van der Waals surface area (Å²) in [5, 5.41) is 19.0. The molecule has 3 rings (SSSR count). The number of hydrogen-bond acceptors (Lipinski definition) is 2. The summed E-state index contributed by atoms with van der Waals surface area (Å²) in [7, 11) is 0. The zero-order chi connectivity index (χ0) is 16.2. The van der Waals surface area contributed by atoms with Crippen molar-refractivity contribution >= 4 is 39.6 Å². The SMILES string of the molecule is N#CC(C#N)=Cc1cn(Cc2ccc(I)cc2)c2ccccc12. The molecule has 0 atom stereocenters. The maximum atomic E-state index is 8.98. The minimum atomic E-state index is 0.113. The quantitative estimate of drug-likeness (QED) is 0.464. The lowest BCUT2D eigenvalue weighted by atomic mass is 10.1. The summed E-state index contributed by atoms with van der Waals surface area (Å²) < 4.78 is 3.36. The van der Waals surface area contributed by atoms with Crippen LogP contribution in [0.15, 0.2) is 60.3 Å². The van der Waals surface area contributed by atoms with Crippen LogP contribution in [-0.4, -0.2) is 4.57 Å². The van der Waals surface area contributed by atoms with Gasteiger partial charge in [-0.3, -0.25) is 0 Å². The van der Waals surface area contributed by atoms with E-state index < -0.39 is 0 Å². The molecule has 0 bridgehead atoms. The van der Waals surface area contributed by atoms with E-state index in [1.807, 2.05) is 36.5 Å². The van der Waals surface area contributed by atoms with Crippen molar-refractivity contribution in [2.75, 3.05) is 0 Å². The number of nitriles is 2. The van der Waals surface area contributed by atoms with E-state index in [0.717, 1.165) is 23.0 Å². The summed E-state index contributed by atoms with van der Waals surface area (Å²) in [6.07, 6.45) is 3.64. The first kappa shape index (κ1) is 15.3. The van der Waals surface area contributed by atoms with Gasteiger partial charge in [-0.2, -0.15) is 10.5 Å². The molecule has 3 nitrogen and oxygen atoms in total. The third-order valence-corrected chi connectivity index (χ3v) is 4.35. The number of para-hydroxylation sites is 1. The predicted molar refractivity (Wildman–Crippen MR) is 99.4 cm³/mol. The Morgan fingerprint density at radius 1 is 1.04 bits per heavy atom. The molecule has 2 aromatic carbocycles. The van der Waals surface area contributed by atoms with E-state index >= 15 is 0 Å². The minimum absolute atomic E-state index is 0.113. The Balaban J connectivity index is 2.08. The second-order valence-electron chi connectivity index (χ2n) is 5.14. The number of halogens is 1. The number of nitrogens with zero attached hydrogens (tertiary/aromatic N) is 3. The van der Waals surface area contributed by atoms with Gasteiger partial charge >= 0.3 is 0 Å². The molecule has 0 aliphatic heterocycles. The van der Waals surface area contributed by atoms with E-state index in [0.29, 0.717) is 0 Å². The lowest BCUT2D eigenvalue weighted by Gasteiger charge is -2.05. The lowest BCUT2D eigenvalue weighted by molar-refractivity contribution is 0.836. The molecule has 0 fully saturated rings. The Kier molecular flexibility index (Phi) is 4.45. The molecule has 0 aliphatic rings. The molecule has 3 aromatic rings. The Hall–Kier alpha value is -2.57. The molecule has 0 radical (unpaired) electrons. The van der Waals surface area contributed by atoms with E-state index in [9.17, 15) is 0 Å². The first-order valence-electron chi connectivity index (χ1n) is 7.05. The molecule has 23 heavy (non-hydrogen) atoms. The Bertz CT molecular complexity index is 951. The molecule has 4 heteroatoms. The molecule has 0 N–H and O–H groups in total. The normalized spacial score (nSPS) is 10.0. The number of allylic oxidation sites excluding steroid dienone is 1. The molecular weight excluding hydrogens is 397 g/mol. The Labute approximate surface area is 148 Å². The van der Waals surface area contributed by atoms with E-state index in [4.69, 9.17) is 10.5 Å². The van der Waals surface area contributed by atoms with Crippen LogP contribution in [0.3, 0.4) is 0 Å². The standard InChI is InChI=1S/C19H12IN3/c20-17-7-5-14(6-8-17)12-23-13-16(9-15(10-21)11-22)18-3-1-2-4-19(18)23/h1-9,13H,12H2. The van der Waals surface area contributed by atoms with Crippen LogP contribution in [0, 0.1) is 26.2 Å². The van der Waals surface area contributed by atoms with Crippen molar-refractivity contribution in [2.24, 2.45) is 0 Å². The number of fused-ring (bicyclic) bond motifs is 1. The number of rotatable bonds is 3. The Morgan fingerprint density at radius 2 is 1.74 bits per heavy atom. The van der Waals surface area contributed by atoms with Crippen molar-refractivity contribution in [1.82, 2.24) is 4.57 Å². The molecule has 110 valence electrons. The first-order valence-corrected chi connectivity index (χ1v) is 8.13. The van der Waals surface area contributed by atoms with Gasteiger partial charge < -0.3 is 4.57 Å². The fourth-order valence-electron chi connectivity index (χ4n) is 2.55. The minimum Gasteiger partial charge on any atom is -0.342 e. The maximum Gasteiger partial charge on any atom is 0.130 e. The van der Waals surface area contributed by atoms with Crippen molar-refractivity contribution in [2.45, 2.75) is 6.54 Å². The summed E-state index contributed by atoms with van der Waals surface area (Å²) in [5.41, 5.74) is 3.31. The van der Waals surface area contributed by atoms with Gasteiger partial charge in [0.15, 0.2) is 0 Å². The van der Waals surface area contributed by atoms with Crippen LogP contribution in [0.25, 0.3) is 17.0 Å². The molecule has 0 saturated carbocycles. The van der Waals surface area contributed by atoms with Crippen LogP contribution < -0.4 is 0 Å². The molecule has 1 aromatic heterocycles. The van der Waals surface area contributed by atoms with Gasteiger partial charge in [0.25, 0.3) is 0 Å². The Morgan fingerprint density at radius 3 is 2.43 bits per heavy atom. The topological polar surface area (TPSA) is 52.5 Å². The van der Waals surface area contributed by atoms with Crippen LogP contribution in [0.5, 0.6) is 0 Å². The molecule has 0 amide bonds. The van der Waals surface area contributed by atoms with Crippen molar-refractivity contribution in [1.29, 1.82) is 10.5 Å². The monoisotopic (exact) mass is 409 g/mol.